The smallest absolute Gasteiger partial charge is 0.227 e. The van der Waals surface area contributed by atoms with Crippen LogP contribution in [0, 0.1) is 5.41 Å². The maximum absolute atomic E-state index is 12.5. The molecule has 2 amide bonds. The lowest BCUT2D eigenvalue weighted by atomic mass is 9.88. The number of amides is 2. The van der Waals surface area contributed by atoms with E-state index in [0.717, 1.165) is 48.2 Å². The zero-order chi connectivity index (χ0) is 18.9. The fourth-order valence-corrected chi connectivity index (χ4v) is 3.56. The largest absolute Gasteiger partial charge is 0.342 e. The Morgan fingerprint density at radius 1 is 1.15 bits per heavy atom. The second kappa shape index (κ2) is 7.06. The third-order valence-corrected chi connectivity index (χ3v) is 4.87. The van der Waals surface area contributed by atoms with Crippen LogP contribution in [-0.4, -0.2) is 34.8 Å². The molecule has 3 rings (SSSR count). The first kappa shape index (κ1) is 18.4. The van der Waals surface area contributed by atoms with Gasteiger partial charge in [-0.25, -0.2) is 0 Å². The lowest BCUT2D eigenvalue weighted by Gasteiger charge is -2.36. The highest BCUT2D eigenvalue weighted by Gasteiger charge is 2.32. The summed E-state index contributed by atoms with van der Waals surface area (Å²) in [6.07, 6.45) is 1.72. The van der Waals surface area contributed by atoms with E-state index in [4.69, 9.17) is 4.98 Å². The Morgan fingerprint density at radius 2 is 1.81 bits per heavy atom. The number of likely N-dealkylation sites (tertiary alicyclic amines) is 1. The molecule has 1 aromatic heterocycles. The van der Waals surface area contributed by atoms with Crippen molar-refractivity contribution >= 4 is 28.4 Å². The molecule has 1 aliphatic heterocycles. The molecule has 0 atom stereocenters. The number of hydrogen-bond donors (Lipinski definition) is 1. The molecule has 5 heteroatoms. The maximum atomic E-state index is 12.5. The standard InChI is InChI=1S/C21H27N3O2/c1-14(25)22-18-13-16-7-5-6-8-17(16)23-19(18)15-9-11-24(12-10-15)20(26)21(2,3)4/h5-8,13,15H,9-12H2,1-4H3,(H,22,25). The van der Waals surface area contributed by atoms with E-state index in [1.807, 2.05) is 56.0 Å². The Kier molecular flexibility index (Phi) is 4.99. The molecule has 26 heavy (non-hydrogen) atoms. The van der Waals surface area contributed by atoms with Crippen LogP contribution in [0.5, 0.6) is 0 Å². The molecule has 0 spiro atoms. The molecule has 5 nitrogen and oxygen atoms in total. The van der Waals surface area contributed by atoms with E-state index in [9.17, 15) is 9.59 Å². The monoisotopic (exact) mass is 353 g/mol. The van der Waals surface area contributed by atoms with Gasteiger partial charge < -0.3 is 10.2 Å². The number of nitrogens with zero attached hydrogens (tertiary/aromatic N) is 2. The van der Waals surface area contributed by atoms with Gasteiger partial charge >= 0.3 is 0 Å². The highest BCUT2D eigenvalue weighted by molar-refractivity contribution is 5.93. The van der Waals surface area contributed by atoms with Gasteiger partial charge in [-0.15, -0.1) is 0 Å². The topological polar surface area (TPSA) is 62.3 Å². The van der Waals surface area contributed by atoms with E-state index in [1.165, 1.54) is 6.92 Å². The van der Waals surface area contributed by atoms with Gasteiger partial charge in [0.25, 0.3) is 0 Å². The van der Waals surface area contributed by atoms with E-state index in [2.05, 4.69) is 5.32 Å². The number of benzene rings is 1. The lowest BCUT2D eigenvalue weighted by molar-refractivity contribution is -0.140. The molecule has 0 radical (unpaired) electrons. The number of para-hydroxylation sites is 1. The fourth-order valence-electron chi connectivity index (χ4n) is 3.56. The summed E-state index contributed by atoms with van der Waals surface area (Å²) in [5, 5.41) is 3.95. The van der Waals surface area contributed by atoms with Gasteiger partial charge in [-0.2, -0.15) is 0 Å². The quantitative estimate of drug-likeness (QED) is 0.889. The molecule has 0 unspecified atom stereocenters. The SMILES string of the molecule is CC(=O)Nc1cc2ccccc2nc1C1CCN(C(=O)C(C)(C)C)CC1. The number of aromatic nitrogens is 1. The Bertz CT molecular complexity index is 831. The molecule has 1 aliphatic rings. The van der Waals surface area contributed by atoms with Crippen LogP contribution in [0.1, 0.15) is 52.1 Å². The predicted octanol–water partition coefficient (Wildman–Crippen LogP) is 3.95. The average molecular weight is 353 g/mol. The molecule has 1 fully saturated rings. The van der Waals surface area contributed by atoms with Crippen LogP contribution in [0.15, 0.2) is 30.3 Å². The van der Waals surface area contributed by atoms with Crippen molar-refractivity contribution in [2.24, 2.45) is 5.41 Å². The van der Waals surface area contributed by atoms with Gasteiger partial charge in [-0.1, -0.05) is 39.0 Å². The second-order valence-electron chi connectivity index (χ2n) is 8.11. The molecule has 2 heterocycles. The van der Waals surface area contributed by atoms with Crippen LogP contribution in [-0.2, 0) is 9.59 Å². The van der Waals surface area contributed by atoms with Crippen LogP contribution < -0.4 is 5.32 Å². The number of anilines is 1. The third kappa shape index (κ3) is 3.87. The molecule has 1 aromatic carbocycles. The van der Waals surface area contributed by atoms with Crippen molar-refractivity contribution in [1.82, 2.24) is 9.88 Å². The van der Waals surface area contributed by atoms with Gasteiger partial charge in [0, 0.05) is 36.7 Å². The molecule has 2 aromatic rings. The molecular formula is C21H27N3O2. The van der Waals surface area contributed by atoms with Crippen molar-refractivity contribution in [3.05, 3.63) is 36.0 Å². The van der Waals surface area contributed by atoms with Crippen molar-refractivity contribution in [2.45, 2.75) is 46.5 Å². The van der Waals surface area contributed by atoms with E-state index < -0.39 is 0 Å². The van der Waals surface area contributed by atoms with Crippen LogP contribution in [0.3, 0.4) is 0 Å². The number of pyridine rings is 1. The van der Waals surface area contributed by atoms with Crippen molar-refractivity contribution in [3.63, 3.8) is 0 Å². The summed E-state index contributed by atoms with van der Waals surface area (Å²) in [4.78, 5) is 31.0. The maximum Gasteiger partial charge on any atom is 0.227 e. The lowest BCUT2D eigenvalue weighted by Crippen LogP contribution is -2.43. The van der Waals surface area contributed by atoms with Gasteiger partial charge in [0.2, 0.25) is 11.8 Å². The van der Waals surface area contributed by atoms with Crippen LogP contribution in [0.2, 0.25) is 0 Å². The number of fused-ring (bicyclic) bond motifs is 1. The molecule has 1 saturated heterocycles. The van der Waals surface area contributed by atoms with Gasteiger partial charge in [-0.05, 0) is 25.0 Å². The number of piperidine rings is 1. The highest BCUT2D eigenvalue weighted by atomic mass is 16.2. The Labute approximate surface area is 154 Å². The van der Waals surface area contributed by atoms with E-state index in [0.29, 0.717) is 0 Å². The van der Waals surface area contributed by atoms with Gasteiger partial charge in [0.15, 0.2) is 0 Å². The summed E-state index contributed by atoms with van der Waals surface area (Å²) in [5.41, 5.74) is 2.30. The summed E-state index contributed by atoms with van der Waals surface area (Å²) in [6.45, 7) is 8.86. The summed E-state index contributed by atoms with van der Waals surface area (Å²) in [7, 11) is 0. The number of carbonyl (C=O) groups excluding carboxylic acids is 2. The summed E-state index contributed by atoms with van der Waals surface area (Å²) in [5.74, 6) is 0.346. The van der Waals surface area contributed by atoms with Gasteiger partial charge in [-0.3, -0.25) is 14.6 Å². The van der Waals surface area contributed by atoms with Crippen LogP contribution >= 0.6 is 0 Å². The zero-order valence-corrected chi connectivity index (χ0v) is 16.0. The van der Waals surface area contributed by atoms with E-state index in [1.54, 1.807) is 0 Å². The first-order valence-electron chi connectivity index (χ1n) is 9.22. The van der Waals surface area contributed by atoms with Crippen molar-refractivity contribution in [2.75, 3.05) is 18.4 Å². The first-order valence-corrected chi connectivity index (χ1v) is 9.22. The third-order valence-electron chi connectivity index (χ3n) is 4.87. The average Bonchev–Trinajstić information content (AvgIpc) is 2.59. The van der Waals surface area contributed by atoms with Crippen molar-refractivity contribution < 1.29 is 9.59 Å². The molecular weight excluding hydrogens is 326 g/mol. The Hall–Kier alpha value is -2.43. The first-order chi connectivity index (χ1) is 12.3. The van der Waals surface area contributed by atoms with Crippen LogP contribution in [0.25, 0.3) is 10.9 Å². The molecule has 1 N–H and O–H groups in total. The number of nitrogens with one attached hydrogen (secondary N) is 1. The highest BCUT2D eigenvalue weighted by Crippen LogP contribution is 2.34. The van der Waals surface area contributed by atoms with E-state index >= 15 is 0 Å². The minimum atomic E-state index is -0.352. The summed E-state index contributed by atoms with van der Waals surface area (Å²) in [6, 6.07) is 9.95. The molecule has 138 valence electrons. The van der Waals surface area contributed by atoms with Gasteiger partial charge in [0.1, 0.15) is 0 Å². The van der Waals surface area contributed by atoms with Crippen LogP contribution in [0.4, 0.5) is 5.69 Å². The second-order valence-corrected chi connectivity index (χ2v) is 8.11. The molecule has 0 bridgehead atoms. The van der Waals surface area contributed by atoms with Gasteiger partial charge in [0.05, 0.1) is 16.9 Å². The number of hydrogen-bond acceptors (Lipinski definition) is 3. The minimum Gasteiger partial charge on any atom is -0.342 e. The van der Waals surface area contributed by atoms with E-state index in [-0.39, 0.29) is 23.1 Å². The number of rotatable bonds is 2. The summed E-state index contributed by atoms with van der Waals surface area (Å²) < 4.78 is 0. The zero-order valence-electron chi connectivity index (χ0n) is 16.0. The Balaban J connectivity index is 1.86. The van der Waals surface area contributed by atoms with Crippen molar-refractivity contribution in [3.8, 4) is 0 Å². The predicted molar refractivity (Wildman–Crippen MR) is 104 cm³/mol. The molecule has 0 saturated carbocycles. The number of carbonyl (C=O) groups is 2. The van der Waals surface area contributed by atoms with Crippen molar-refractivity contribution in [1.29, 1.82) is 0 Å². The minimum absolute atomic E-state index is 0.0938. The molecule has 0 aliphatic carbocycles. The Morgan fingerprint density at radius 3 is 2.42 bits per heavy atom. The fraction of sp³-hybridized carbons (Fsp3) is 0.476. The summed E-state index contributed by atoms with van der Waals surface area (Å²) >= 11 is 0. The normalized spacial score (nSPS) is 15.9.